The molecule has 1 N–H and O–H groups in total. The Kier molecular flexibility index (Phi) is 10.4. The number of anilines is 1. The zero-order valence-electron chi connectivity index (χ0n) is 24.9. The van der Waals surface area contributed by atoms with Gasteiger partial charge < -0.3 is 19.7 Å². The molecule has 0 saturated heterocycles. The standard InChI is InChI=1S/C32H38BrN3O6S/c1-32(2,3)34-31(38)27(19-23-10-6-5-7-11-23)35(21-24-12-8-13-25(33)18-24)30(37)14-9-17-36(43(4,39)40)26-15-16-28-29(20-26)42-22-41-28/h5-8,10-13,15-16,18,20,27H,9,14,17,19,21-22H2,1-4H3,(H,34,38)/t27-/m0/s1. The van der Waals surface area contributed by atoms with Gasteiger partial charge >= 0.3 is 0 Å². The van der Waals surface area contributed by atoms with Crippen LogP contribution in [0.25, 0.3) is 0 Å². The average molecular weight is 673 g/mol. The summed E-state index contributed by atoms with van der Waals surface area (Å²) in [6.07, 6.45) is 1.74. The molecule has 2 amide bonds. The summed E-state index contributed by atoms with van der Waals surface area (Å²) < 4.78 is 38.4. The second-order valence-electron chi connectivity index (χ2n) is 11.6. The number of carbonyl (C=O) groups is 2. The molecule has 0 aliphatic carbocycles. The van der Waals surface area contributed by atoms with Crippen molar-refractivity contribution in [2.75, 3.05) is 23.9 Å². The van der Waals surface area contributed by atoms with Gasteiger partial charge in [-0.1, -0.05) is 58.4 Å². The van der Waals surface area contributed by atoms with E-state index in [4.69, 9.17) is 9.47 Å². The molecular weight excluding hydrogens is 634 g/mol. The summed E-state index contributed by atoms with van der Waals surface area (Å²) >= 11 is 3.50. The number of carbonyl (C=O) groups excluding carboxylic acids is 2. The molecule has 1 aliphatic rings. The largest absolute Gasteiger partial charge is 0.454 e. The van der Waals surface area contributed by atoms with Gasteiger partial charge in [0.05, 0.1) is 11.9 Å². The van der Waals surface area contributed by atoms with Crippen LogP contribution >= 0.6 is 15.9 Å². The van der Waals surface area contributed by atoms with Gasteiger partial charge in [-0.25, -0.2) is 8.42 Å². The molecule has 1 atom stereocenters. The second kappa shape index (κ2) is 13.8. The Balaban J connectivity index is 1.59. The van der Waals surface area contributed by atoms with Gasteiger partial charge in [0.25, 0.3) is 0 Å². The molecule has 1 aliphatic heterocycles. The molecular formula is C32H38BrN3O6S. The van der Waals surface area contributed by atoms with Crippen molar-refractivity contribution in [2.24, 2.45) is 0 Å². The van der Waals surface area contributed by atoms with Crippen LogP contribution in [0.1, 0.15) is 44.7 Å². The second-order valence-corrected chi connectivity index (χ2v) is 14.4. The number of halogens is 1. The highest BCUT2D eigenvalue weighted by molar-refractivity contribution is 9.10. The Morgan fingerprint density at radius 1 is 0.953 bits per heavy atom. The van der Waals surface area contributed by atoms with E-state index in [1.54, 1.807) is 23.1 Å². The summed E-state index contributed by atoms with van der Waals surface area (Å²) in [6, 6.07) is 21.4. The number of benzene rings is 3. The summed E-state index contributed by atoms with van der Waals surface area (Å²) in [5, 5.41) is 3.06. The summed E-state index contributed by atoms with van der Waals surface area (Å²) in [6.45, 7) is 6.08. The van der Waals surface area contributed by atoms with Crippen LogP contribution in [-0.2, 0) is 32.6 Å². The fraction of sp³-hybridized carbons (Fsp3) is 0.375. The molecule has 43 heavy (non-hydrogen) atoms. The molecule has 0 saturated carbocycles. The predicted octanol–water partition coefficient (Wildman–Crippen LogP) is 5.28. The molecule has 3 aromatic rings. The van der Waals surface area contributed by atoms with E-state index in [9.17, 15) is 18.0 Å². The van der Waals surface area contributed by atoms with E-state index >= 15 is 0 Å². The zero-order chi connectivity index (χ0) is 31.2. The van der Waals surface area contributed by atoms with Crippen LogP contribution in [-0.4, -0.2) is 56.3 Å². The summed E-state index contributed by atoms with van der Waals surface area (Å²) in [4.78, 5) is 29.3. The van der Waals surface area contributed by atoms with Crippen LogP contribution < -0.4 is 19.1 Å². The van der Waals surface area contributed by atoms with Crippen LogP contribution in [0.5, 0.6) is 11.5 Å². The van der Waals surface area contributed by atoms with Crippen molar-refractivity contribution in [1.82, 2.24) is 10.2 Å². The van der Waals surface area contributed by atoms with Gasteiger partial charge in [0.1, 0.15) is 6.04 Å². The van der Waals surface area contributed by atoms with Crippen LogP contribution in [0.2, 0.25) is 0 Å². The Hall–Kier alpha value is -3.57. The lowest BCUT2D eigenvalue weighted by Gasteiger charge is -2.34. The topological polar surface area (TPSA) is 105 Å². The van der Waals surface area contributed by atoms with E-state index in [2.05, 4.69) is 21.2 Å². The van der Waals surface area contributed by atoms with Gasteiger partial charge in [0, 0.05) is 42.0 Å². The Bertz CT molecular complexity index is 1540. The lowest BCUT2D eigenvalue weighted by molar-refractivity contribution is -0.142. The molecule has 0 aromatic heterocycles. The highest BCUT2D eigenvalue weighted by Gasteiger charge is 2.32. The highest BCUT2D eigenvalue weighted by Crippen LogP contribution is 2.36. The van der Waals surface area contributed by atoms with Crippen LogP contribution in [0.4, 0.5) is 5.69 Å². The Morgan fingerprint density at radius 2 is 1.65 bits per heavy atom. The van der Waals surface area contributed by atoms with Crippen LogP contribution in [0, 0.1) is 0 Å². The van der Waals surface area contributed by atoms with Gasteiger partial charge in [-0.2, -0.15) is 0 Å². The van der Waals surface area contributed by atoms with Crippen molar-refractivity contribution in [3.63, 3.8) is 0 Å². The number of amides is 2. The Labute approximate surface area is 262 Å². The van der Waals surface area contributed by atoms with Gasteiger partial charge in [-0.15, -0.1) is 0 Å². The molecule has 0 unspecified atom stereocenters. The molecule has 1 heterocycles. The fourth-order valence-corrected chi connectivity index (χ4v) is 6.29. The van der Waals surface area contributed by atoms with E-state index in [1.807, 2.05) is 75.4 Å². The average Bonchev–Trinajstić information content (AvgIpc) is 3.40. The molecule has 0 radical (unpaired) electrons. The van der Waals surface area contributed by atoms with E-state index in [0.717, 1.165) is 21.9 Å². The molecule has 11 heteroatoms. The molecule has 0 bridgehead atoms. The summed E-state index contributed by atoms with van der Waals surface area (Å²) in [7, 11) is -3.65. The van der Waals surface area contributed by atoms with E-state index in [1.165, 1.54) is 4.31 Å². The maximum atomic E-state index is 14.0. The number of sulfonamides is 1. The molecule has 9 nitrogen and oxygen atoms in total. The smallest absolute Gasteiger partial charge is 0.243 e. The predicted molar refractivity (Wildman–Crippen MR) is 171 cm³/mol. The molecule has 0 spiro atoms. The minimum atomic E-state index is -3.65. The number of hydrogen-bond donors (Lipinski definition) is 1. The first-order valence-electron chi connectivity index (χ1n) is 14.1. The van der Waals surface area contributed by atoms with Crippen molar-refractivity contribution in [3.05, 3.63) is 88.4 Å². The first kappa shape index (κ1) is 32.3. The van der Waals surface area contributed by atoms with Gasteiger partial charge in [0.2, 0.25) is 28.6 Å². The SMILES string of the molecule is CC(C)(C)NC(=O)[C@H](Cc1ccccc1)N(Cc1cccc(Br)c1)C(=O)CCCN(c1ccc2c(c1)OCO2)S(C)(=O)=O. The number of rotatable bonds is 12. The molecule has 3 aromatic carbocycles. The molecule has 4 rings (SSSR count). The number of nitrogens with zero attached hydrogens (tertiary/aromatic N) is 2. The van der Waals surface area contributed by atoms with Crippen molar-refractivity contribution in [1.29, 1.82) is 0 Å². The van der Waals surface area contributed by atoms with Gasteiger partial charge in [-0.05, 0) is 62.6 Å². The minimum absolute atomic E-state index is 0.0403. The van der Waals surface area contributed by atoms with Crippen LogP contribution in [0.3, 0.4) is 0 Å². The first-order chi connectivity index (χ1) is 20.3. The van der Waals surface area contributed by atoms with Crippen molar-refractivity contribution in [3.8, 4) is 11.5 Å². The van der Waals surface area contributed by atoms with Gasteiger partial charge in [0.15, 0.2) is 11.5 Å². The first-order valence-corrected chi connectivity index (χ1v) is 16.7. The number of hydrogen-bond acceptors (Lipinski definition) is 6. The van der Waals surface area contributed by atoms with E-state index < -0.39 is 21.6 Å². The number of nitrogens with one attached hydrogen (secondary N) is 1. The van der Waals surface area contributed by atoms with Gasteiger partial charge in [-0.3, -0.25) is 13.9 Å². The Morgan fingerprint density at radius 3 is 2.33 bits per heavy atom. The maximum absolute atomic E-state index is 14.0. The third kappa shape index (κ3) is 9.21. The van der Waals surface area contributed by atoms with Crippen molar-refractivity contribution in [2.45, 2.75) is 58.2 Å². The monoisotopic (exact) mass is 671 g/mol. The van der Waals surface area contributed by atoms with Crippen molar-refractivity contribution < 1.29 is 27.5 Å². The van der Waals surface area contributed by atoms with E-state index in [-0.39, 0.29) is 44.5 Å². The molecule has 0 fully saturated rings. The normalized spacial score (nSPS) is 13.3. The minimum Gasteiger partial charge on any atom is -0.454 e. The highest BCUT2D eigenvalue weighted by atomic mass is 79.9. The maximum Gasteiger partial charge on any atom is 0.243 e. The van der Waals surface area contributed by atoms with Crippen LogP contribution in [0.15, 0.2) is 77.3 Å². The third-order valence-electron chi connectivity index (χ3n) is 6.81. The lowest BCUT2D eigenvalue weighted by Crippen LogP contribution is -2.54. The summed E-state index contributed by atoms with van der Waals surface area (Å²) in [5.41, 5.74) is 1.71. The van der Waals surface area contributed by atoms with Crippen molar-refractivity contribution >= 4 is 43.5 Å². The quantitative estimate of drug-likeness (QED) is 0.281. The summed E-state index contributed by atoms with van der Waals surface area (Å²) in [5.74, 6) is 0.520. The zero-order valence-corrected chi connectivity index (χ0v) is 27.3. The molecule has 230 valence electrons. The third-order valence-corrected chi connectivity index (χ3v) is 8.49. The number of fused-ring (bicyclic) bond motifs is 1. The number of ether oxygens (including phenoxy) is 2. The van der Waals surface area contributed by atoms with E-state index in [0.29, 0.717) is 23.6 Å². The fourth-order valence-electron chi connectivity index (χ4n) is 4.88. The lowest BCUT2D eigenvalue weighted by atomic mass is 10.00.